The van der Waals surface area contributed by atoms with Gasteiger partial charge in [-0.1, -0.05) is 12.2 Å². The number of nitrogens with zero attached hydrogens (tertiary/aromatic N) is 3. The molecule has 0 bridgehead atoms. The first-order chi connectivity index (χ1) is 9.22. The summed E-state index contributed by atoms with van der Waals surface area (Å²) in [4.78, 5) is 16.4. The Morgan fingerprint density at radius 3 is 3.16 bits per heavy atom. The van der Waals surface area contributed by atoms with Gasteiger partial charge in [0.15, 0.2) is 5.65 Å². The Bertz CT molecular complexity index is 644. The summed E-state index contributed by atoms with van der Waals surface area (Å²) in [7, 11) is 0. The summed E-state index contributed by atoms with van der Waals surface area (Å²) >= 11 is 0. The van der Waals surface area contributed by atoms with E-state index in [1.807, 2.05) is 13.0 Å². The molecule has 2 aromatic rings. The van der Waals surface area contributed by atoms with Crippen LogP contribution in [0.1, 0.15) is 25.0 Å². The van der Waals surface area contributed by atoms with Crippen LogP contribution in [0.5, 0.6) is 0 Å². The smallest absolute Gasteiger partial charge is 0.227 e. The highest BCUT2D eigenvalue weighted by Crippen LogP contribution is 2.20. The van der Waals surface area contributed by atoms with Gasteiger partial charge in [0.1, 0.15) is 0 Å². The predicted molar refractivity (Wildman–Crippen MR) is 72.8 cm³/mol. The molecule has 3 rings (SSSR count). The molecule has 1 aliphatic rings. The van der Waals surface area contributed by atoms with Crippen LogP contribution in [0.4, 0.5) is 5.69 Å². The topological polar surface area (TPSA) is 59.3 Å². The van der Waals surface area contributed by atoms with Gasteiger partial charge in [0.05, 0.1) is 23.8 Å². The van der Waals surface area contributed by atoms with Crippen LogP contribution in [-0.4, -0.2) is 20.5 Å². The SMILES string of the molecule is Cc1cc2ncc(NC(=O)[C@@H]3CC=CCC3)cn2n1. The summed E-state index contributed by atoms with van der Waals surface area (Å²) in [6, 6.07) is 1.90. The second kappa shape index (κ2) is 4.84. The van der Waals surface area contributed by atoms with Crippen LogP contribution in [0.3, 0.4) is 0 Å². The number of rotatable bonds is 2. The maximum atomic E-state index is 12.1. The van der Waals surface area contributed by atoms with Crippen molar-refractivity contribution in [2.45, 2.75) is 26.2 Å². The first kappa shape index (κ1) is 11.9. The third-order valence-corrected chi connectivity index (χ3v) is 3.34. The normalized spacial score (nSPS) is 18.7. The first-order valence-corrected chi connectivity index (χ1v) is 6.50. The molecule has 0 fully saturated rings. The third-order valence-electron chi connectivity index (χ3n) is 3.34. The number of fused-ring (bicyclic) bond motifs is 1. The molecule has 98 valence electrons. The number of carbonyl (C=O) groups excluding carboxylic acids is 1. The molecule has 19 heavy (non-hydrogen) atoms. The van der Waals surface area contributed by atoms with Gasteiger partial charge in [0, 0.05) is 12.0 Å². The summed E-state index contributed by atoms with van der Waals surface area (Å²) in [6.45, 7) is 1.92. The van der Waals surface area contributed by atoms with Gasteiger partial charge in [-0.25, -0.2) is 9.50 Å². The average molecular weight is 256 g/mol. The van der Waals surface area contributed by atoms with E-state index in [9.17, 15) is 4.79 Å². The lowest BCUT2D eigenvalue weighted by Gasteiger charge is -2.17. The first-order valence-electron chi connectivity index (χ1n) is 6.50. The van der Waals surface area contributed by atoms with E-state index in [1.165, 1.54) is 0 Å². The number of amides is 1. The number of allylic oxidation sites excluding steroid dienone is 2. The molecule has 5 nitrogen and oxygen atoms in total. The summed E-state index contributed by atoms with van der Waals surface area (Å²) in [5.41, 5.74) is 2.39. The van der Waals surface area contributed by atoms with Crippen LogP contribution in [0, 0.1) is 12.8 Å². The Kier molecular flexibility index (Phi) is 3.03. The predicted octanol–water partition coefficient (Wildman–Crippen LogP) is 2.33. The van der Waals surface area contributed by atoms with Crippen molar-refractivity contribution >= 4 is 17.2 Å². The fraction of sp³-hybridized carbons (Fsp3) is 0.357. The van der Waals surface area contributed by atoms with Crippen molar-refractivity contribution in [1.82, 2.24) is 14.6 Å². The molecule has 0 saturated heterocycles. The van der Waals surface area contributed by atoms with Crippen molar-refractivity contribution in [2.75, 3.05) is 5.32 Å². The molecule has 2 aromatic heterocycles. The van der Waals surface area contributed by atoms with E-state index in [1.54, 1.807) is 16.9 Å². The van der Waals surface area contributed by atoms with Crippen molar-refractivity contribution in [3.63, 3.8) is 0 Å². The lowest BCUT2D eigenvalue weighted by molar-refractivity contribution is -0.120. The van der Waals surface area contributed by atoms with E-state index in [0.29, 0.717) is 5.69 Å². The quantitative estimate of drug-likeness (QED) is 0.839. The van der Waals surface area contributed by atoms with Gasteiger partial charge in [0.25, 0.3) is 0 Å². The molecule has 0 radical (unpaired) electrons. The maximum Gasteiger partial charge on any atom is 0.227 e. The lowest BCUT2D eigenvalue weighted by Crippen LogP contribution is -2.23. The molecule has 0 aliphatic heterocycles. The van der Waals surface area contributed by atoms with Gasteiger partial charge in [-0.05, 0) is 26.2 Å². The molecule has 0 aromatic carbocycles. The molecule has 0 saturated carbocycles. The van der Waals surface area contributed by atoms with Crippen LogP contribution >= 0.6 is 0 Å². The van der Waals surface area contributed by atoms with E-state index >= 15 is 0 Å². The van der Waals surface area contributed by atoms with Crippen LogP contribution in [0.25, 0.3) is 5.65 Å². The van der Waals surface area contributed by atoms with Crippen molar-refractivity contribution in [2.24, 2.45) is 5.92 Å². The van der Waals surface area contributed by atoms with E-state index in [2.05, 4.69) is 27.6 Å². The molecular weight excluding hydrogens is 240 g/mol. The molecule has 5 heteroatoms. The Hall–Kier alpha value is -2.17. The number of carbonyl (C=O) groups is 1. The summed E-state index contributed by atoms with van der Waals surface area (Å²) < 4.78 is 1.69. The van der Waals surface area contributed by atoms with Gasteiger partial charge < -0.3 is 5.32 Å². The van der Waals surface area contributed by atoms with Crippen molar-refractivity contribution in [1.29, 1.82) is 0 Å². The third kappa shape index (κ3) is 2.50. The molecule has 1 atom stereocenters. The molecule has 1 aliphatic carbocycles. The minimum Gasteiger partial charge on any atom is -0.323 e. The summed E-state index contributed by atoms with van der Waals surface area (Å²) in [5.74, 6) is 0.134. The number of nitrogens with one attached hydrogen (secondary N) is 1. The molecular formula is C14H16N4O. The minimum absolute atomic E-state index is 0.0642. The molecule has 2 heterocycles. The summed E-state index contributed by atoms with van der Waals surface area (Å²) in [6.07, 6.45) is 10.4. The number of hydrogen-bond donors (Lipinski definition) is 1. The Morgan fingerprint density at radius 2 is 2.37 bits per heavy atom. The van der Waals surface area contributed by atoms with Crippen LogP contribution in [0.2, 0.25) is 0 Å². The van der Waals surface area contributed by atoms with Gasteiger partial charge in [0.2, 0.25) is 5.91 Å². The van der Waals surface area contributed by atoms with Gasteiger partial charge in [-0.2, -0.15) is 5.10 Å². The van der Waals surface area contributed by atoms with Crippen LogP contribution in [-0.2, 0) is 4.79 Å². The molecule has 0 unspecified atom stereocenters. The largest absolute Gasteiger partial charge is 0.323 e. The number of anilines is 1. The standard InChI is InChI=1S/C14H16N4O/c1-10-7-13-15-8-12(9-18(13)17-10)16-14(19)11-5-3-2-4-6-11/h2-3,7-9,11H,4-6H2,1H3,(H,16,19)/t11-/m1/s1. The zero-order chi connectivity index (χ0) is 13.2. The van der Waals surface area contributed by atoms with Crippen molar-refractivity contribution in [3.8, 4) is 0 Å². The highest BCUT2D eigenvalue weighted by Gasteiger charge is 2.18. The molecule has 0 spiro atoms. The van der Waals surface area contributed by atoms with Crippen LogP contribution < -0.4 is 5.32 Å². The van der Waals surface area contributed by atoms with Crippen LogP contribution in [0.15, 0.2) is 30.6 Å². The zero-order valence-electron chi connectivity index (χ0n) is 10.8. The van der Waals surface area contributed by atoms with E-state index in [4.69, 9.17) is 0 Å². The van der Waals surface area contributed by atoms with E-state index in [0.717, 1.165) is 30.6 Å². The molecule has 1 N–H and O–H groups in total. The van der Waals surface area contributed by atoms with E-state index < -0.39 is 0 Å². The minimum atomic E-state index is 0.0642. The van der Waals surface area contributed by atoms with Gasteiger partial charge >= 0.3 is 0 Å². The zero-order valence-corrected chi connectivity index (χ0v) is 10.8. The fourth-order valence-electron chi connectivity index (χ4n) is 2.34. The maximum absolute atomic E-state index is 12.1. The Balaban J connectivity index is 1.76. The van der Waals surface area contributed by atoms with Gasteiger partial charge in [-0.3, -0.25) is 4.79 Å². The monoisotopic (exact) mass is 256 g/mol. The second-order valence-electron chi connectivity index (χ2n) is 4.90. The number of hydrogen-bond acceptors (Lipinski definition) is 3. The molecule has 1 amide bonds. The Labute approximate surface area is 111 Å². The van der Waals surface area contributed by atoms with Crippen molar-refractivity contribution < 1.29 is 4.79 Å². The van der Waals surface area contributed by atoms with E-state index in [-0.39, 0.29) is 11.8 Å². The number of aromatic nitrogens is 3. The second-order valence-corrected chi connectivity index (χ2v) is 4.90. The fourth-order valence-corrected chi connectivity index (χ4v) is 2.34. The number of aryl methyl sites for hydroxylation is 1. The summed E-state index contributed by atoms with van der Waals surface area (Å²) in [5, 5.41) is 7.20. The Morgan fingerprint density at radius 1 is 1.47 bits per heavy atom. The lowest BCUT2D eigenvalue weighted by atomic mass is 9.94. The van der Waals surface area contributed by atoms with Crippen molar-refractivity contribution in [3.05, 3.63) is 36.3 Å². The van der Waals surface area contributed by atoms with Gasteiger partial charge in [-0.15, -0.1) is 0 Å². The highest BCUT2D eigenvalue weighted by atomic mass is 16.1. The highest BCUT2D eigenvalue weighted by molar-refractivity contribution is 5.92. The average Bonchev–Trinajstić information content (AvgIpc) is 2.79.